The van der Waals surface area contributed by atoms with E-state index in [9.17, 15) is 0 Å². The first-order chi connectivity index (χ1) is 11.5. The van der Waals surface area contributed by atoms with Crippen molar-refractivity contribution in [2.45, 2.75) is 39.5 Å². The zero-order valence-electron chi connectivity index (χ0n) is 15.9. The minimum absolute atomic E-state index is 0.368. The summed E-state index contributed by atoms with van der Waals surface area (Å²) in [6, 6.07) is 8.25. The van der Waals surface area contributed by atoms with Crippen LogP contribution in [0.25, 0.3) is 0 Å². The van der Waals surface area contributed by atoms with Crippen molar-refractivity contribution >= 4 is 5.96 Å². The molecule has 1 saturated heterocycles. The number of aliphatic imine (C=N–C) groups is 1. The third-order valence-corrected chi connectivity index (χ3v) is 4.84. The number of hydrogen-bond donors (Lipinski definition) is 1. The summed E-state index contributed by atoms with van der Waals surface area (Å²) in [6.07, 6.45) is 2.59. The fraction of sp³-hybridized carbons (Fsp3) is 0.650. The first-order valence-corrected chi connectivity index (χ1v) is 9.13. The topological polar surface area (TPSA) is 36.9 Å². The van der Waals surface area contributed by atoms with Crippen LogP contribution in [0.2, 0.25) is 0 Å². The number of hydrogen-bond acceptors (Lipinski definition) is 2. The van der Waals surface area contributed by atoms with E-state index in [4.69, 9.17) is 4.74 Å². The summed E-state index contributed by atoms with van der Waals surface area (Å²) < 4.78 is 5.48. The second kappa shape index (κ2) is 8.95. The Hall–Kier alpha value is -1.71. The molecule has 1 aromatic rings. The molecule has 1 aliphatic rings. The third-order valence-electron chi connectivity index (χ3n) is 4.84. The average Bonchev–Trinajstić information content (AvgIpc) is 3.02. The number of rotatable bonds is 6. The molecule has 4 nitrogen and oxygen atoms in total. The minimum Gasteiger partial charge on any atom is -0.496 e. The van der Waals surface area contributed by atoms with Gasteiger partial charge in [-0.15, -0.1) is 0 Å². The molecule has 0 aromatic heterocycles. The predicted molar refractivity (Wildman–Crippen MR) is 102 cm³/mol. The maximum atomic E-state index is 5.48. The molecule has 134 valence electrons. The van der Waals surface area contributed by atoms with Crippen molar-refractivity contribution in [1.82, 2.24) is 10.2 Å². The lowest BCUT2D eigenvalue weighted by atomic mass is 9.97. The molecule has 0 spiro atoms. The number of nitrogens with zero attached hydrogens (tertiary/aromatic N) is 2. The van der Waals surface area contributed by atoms with Crippen LogP contribution in [0.15, 0.2) is 29.3 Å². The molecular formula is C20H33N3O. The molecule has 1 heterocycles. The molecule has 1 aliphatic heterocycles. The van der Waals surface area contributed by atoms with Crippen molar-refractivity contribution < 1.29 is 4.74 Å². The molecule has 24 heavy (non-hydrogen) atoms. The number of likely N-dealkylation sites (tertiary alicyclic amines) is 1. The van der Waals surface area contributed by atoms with Crippen LogP contribution in [0, 0.1) is 11.8 Å². The zero-order chi connectivity index (χ0) is 17.5. The van der Waals surface area contributed by atoms with Gasteiger partial charge in [-0.25, -0.2) is 0 Å². The van der Waals surface area contributed by atoms with Gasteiger partial charge in [-0.1, -0.05) is 39.0 Å². The van der Waals surface area contributed by atoms with Crippen molar-refractivity contribution in [3.63, 3.8) is 0 Å². The van der Waals surface area contributed by atoms with Gasteiger partial charge in [-0.05, 0) is 36.3 Å². The standard InChI is InChI=1S/C20H33N3O/c1-15(2)12-17-10-11-23(14-17)20(21-4)22-13-16(3)18-8-6-7-9-19(18)24-5/h6-9,15-17H,10-14H2,1-5H3,(H,21,22). The Morgan fingerprint density at radius 1 is 1.33 bits per heavy atom. The summed E-state index contributed by atoms with van der Waals surface area (Å²) >= 11 is 0. The summed E-state index contributed by atoms with van der Waals surface area (Å²) in [5, 5.41) is 3.56. The van der Waals surface area contributed by atoms with E-state index < -0.39 is 0 Å². The quantitative estimate of drug-likeness (QED) is 0.637. The van der Waals surface area contributed by atoms with E-state index in [0.29, 0.717) is 5.92 Å². The Labute approximate surface area is 147 Å². The molecule has 0 amide bonds. The van der Waals surface area contributed by atoms with Gasteiger partial charge in [-0.3, -0.25) is 4.99 Å². The van der Waals surface area contributed by atoms with Gasteiger partial charge in [0.05, 0.1) is 7.11 Å². The summed E-state index contributed by atoms with van der Waals surface area (Å²) in [4.78, 5) is 6.90. The Morgan fingerprint density at radius 3 is 2.75 bits per heavy atom. The van der Waals surface area contributed by atoms with Crippen LogP contribution in [0.1, 0.15) is 45.1 Å². The van der Waals surface area contributed by atoms with E-state index in [2.05, 4.69) is 48.1 Å². The molecular weight excluding hydrogens is 298 g/mol. The first kappa shape index (κ1) is 18.6. The molecule has 0 aliphatic carbocycles. The fourth-order valence-corrected chi connectivity index (χ4v) is 3.64. The Bertz CT molecular complexity index is 541. The molecule has 1 aromatic carbocycles. The van der Waals surface area contributed by atoms with E-state index in [0.717, 1.165) is 43.2 Å². The van der Waals surface area contributed by atoms with E-state index in [1.807, 2.05) is 19.2 Å². The number of benzene rings is 1. The summed E-state index contributed by atoms with van der Waals surface area (Å²) in [5.74, 6) is 3.93. The van der Waals surface area contributed by atoms with Crippen molar-refractivity contribution in [3.8, 4) is 5.75 Å². The SMILES string of the molecule is CN=C(NCC(C)c1ccccc1OC)N1CCC(CC(C)C)C1. The highest BCUT2D eigenvalue weighted by Crippen LogP contribution is 2.26. The van der Waals surface area contributed by atoms with Crippen LogP contribution in [-0.4, -0.2) is 44.7 Å². The fourth-order valence-electron chi connectivity index (χ4n) is 3.64. The van der Waals surface area contributed by atoms with Crippen LogP contribution in [0.5, 0.6) is 5.75 Å². The molecule has 0 radical (unpaired) electrons. The minimum atomic E-state index is 0.368. The molecule has 0 bridgehead atoms. The molecule has 0 saturated carbocycles. The lowest BCUT2D eigenvalue weighted by molar-refractivity contribution is 0.400. The van der Waals surface area contributed by atoms with Gasteiger partial charge in [0.1, 0.15) is 5.75 Å². The van der Waals surface area contributed by atoms with E-state index in [-0.39, 0.29) is 0 Å². The van der Waals surface area contributed by atoms with Gasteiger partial charge < -0.3 is 15.0 Å². The summed E-state index contributed by atoms with van der Waals surface area (Å²) in [6.45, 7) is 9.94. The maximum absolute atomic E-state index is 5.48. The molecule has 2 atom stereocenters. The molecule has 2 unspecified atom stereocenters. The second-order valence-corrected chi connectivity index (χ2v) is 7.30. The van der Waals surface area contributed by atoms with E-state index >= 15 is 0 Å². The van der Waals surface area contributed by atoms with Gasteiger partial charge >= 0.3 is 0 Å². The molecule has 1 fully saturated rings. The lowest BCUT2D eigenvalue weighted by Crippen LogP contribution is -2.41. The Balaban J connectivity index is 1.90. The van der Waals surface area contributed by atoms with Gasteiger partial charge in [0, 0.05) is 32.6 Å². The molecule has 2 rings (SSSR count). The number of ether oxygens (including phenoxy) is 1. The van der Waals surface area contributed by atoms with Crippen LogP contribution in [0.4, 0.5) is 0 Å². The van der Waals surface area contributed by atoms with Crippen LogP contribution in [-0.2, 0) is 0 Å². The highest BCUT2D eigenvalue weighted by atomic mass is 16.5. The normalized spacial score (nSPS) is 19.7. The van der Waals surface area contributed by atoms with Gasteiger partial charge in [-0.2, -0.15) is 0 Å². The highest BCUT2D eigenvalue weighted by molar-refractivity contribution is 5.80. The van der Waals surface area contributed by atoms with Crippen molar-refractivity contribution in [3.05, 3.63) is 29.8 Å². The zero-order valence-corrected chi connectivity index (χ0v) is 15.9. The largest absolute Gasteiger partial charge is 0.496 e. The highest BCUT2D eigenvalue weighted by Gasteiger charge is 2.25. The monoisotopic (exact) mass is 331 g/mol. The molecule has 4 heteroatoms. The Kier molecular flexibility index (Phi) is 6.95. The van der Waals surface area contributed by atoms with Crippen molar-refractivity contribution in [1.29, 1.82) is 0 Å². The van der Waals surface area contributed by atoms with Crippen LogP contribution in [0.3, 0.4) is 0 Å². The smallest absolute Gasteiger partial charge is 0.193 e. The maximum Gasteiger partial charge on any atom is 0.193 e. The Morgan fingerprint density at radius 2 is 2.08 bits per heavy atom. The third kappa shape index (κ3) is 4.89. The van der Waals surface area contributed by atoms with Crippen molar-refractivity contribution in [2.75, 3.05) is 33.8 Å². The van der Waals surface area contributed by atoms with Gasteiger partial charge in [0.15, 0.2) is 5.96 Å². The number of para-hydroxylation sites is 1. The molecule has 1 N–H and O–H groups in total. The van der Waals surface area contributed by atoms with Gasteiger partial charge in [0.2, 0.25) is 0 Å². The number of nitrogens with one attached hydrogen (secondary N) is 1. The number of guanidine groups is 1. The van der Waals surface area contributed by atoms with E-state index in [1.165, 1.54) is 18.4 Å². The average molecular weight is 332 g/mol. The summed E-state index contributed by atoms with van der Waals surface area (Å²) in [5.41, 5.74) is 1.24. The second-order valence-electron chi connectivity index (χ2n) is 7.30. The van der Waals surface area contributed by atoms with E-state index in [1.54, 1.807) is 7.11 Å². The van der Waals surface area contributed by atoms with Crippen molar-refractivity contribution in [2.24, 2.45) is 16.8 Å². The summed E-state index contributed by atoms with van der Waals surface area (Å²) in [7, 11) is 3.61. The van der Waals surface area contributed by atoms with Gasteiger partial charge in [0.25, 0.3) is 0 Å². The van der Waals surface area contributed by atoms with Crippen LogP contribution >= 0.6 is 0 Å². The number of methoxy groups -OCH3 is 1. The first-order valence-electron chi connectivity index (χ1n) is 9.13. The predicted octanol–water partition coefficient (Wildman–Crippen LogP) is 3.74. The lowest BCUT2D eigenvalue weighted by Gasteiger charge is -2.24. The van der Waals surface area contributed by atoms with Crippen LogP contribution < -0.4 is 10.1 Å².